The van der Waals surface area contributed by atoms with Crippen LogP contribution in [0.1, 0.15) is 6.42 Å². The Morgan fingerprint density at radius 3 is 2.57 bits per heavy atom. The molecule has 0 N–H and O–H groups in total. The monoisotopic (exact) mass is 425 g/mol. The molecule has 156 valence electrons. The second-order valence-electron chi connectivity index (χ2n) is 7.29. The molecule has 1 aromatic carbocycles. The number of imidazole rings is 1. The first kappa shape index (κ1) is 20.5. The number of pyridine rings is 2. The van der Waals surface area contributed by atoms with E-state index in [9.17, 15) is 4.79 Å². The summed E-state index contributed by atoms with van der Waals surface area (Å²) in [5, 5.41) is 0.887. The molecule has 0 spiro atoms. The van der Waals surface area contributed by atoms with Crippen molar-refractivity contribution in [1.82, 2.24) is 24.0 Å². The molecule has 4 heterocycles. The van der Waals surface area contributed by atoms with Gasteiger partial charge in [-0.25, -0.2) is 9.97 Å². The SMILES string of the molecule is Cl.O=c1c2c(ncn2CCCN2CCOCC2)c2cccnc2n1-c1ccccc1. The summed E-state index contributed by atoms with van der Waals surface area (Å²) in [6.07, 6.45) is 4.46. The molecule has 1 fully saturated rings. The van der Waals surface area contributed by atoms with Crippen LogP contribution in [-0.4, -0.2) is 56.9 Å². The summed E-state index contributed by atoms with van der Waals surface area (Å²) in [5.74, 6) is 0. The number of para-hydroxylation sites is 1. The Kier molecular flexibility index (Phi) is 6.13. The molecule has 0 radical (unpaired) electrons. The smallest absolute Gasteiger partial charge is 0.282 e. The molecular weight excluding hydrogens is 402 g/mol. The largest absolute Gasteiger partial charge is 0.379 e. The maximum absolute atomic E-state index is 13.5. The summed E-state index contributed by atoms with van der Waals surface area (Å²) in [6.45, 7) is 5.29. The average molecular weight is 426 g/mol. The van der Waals surface area contributed by atoms with Gasteiger partial charge in [0.15, 0.2) is 0 Å². The van der Waals surface area contributed by atoms with Crippen molar-refractivity contribution < 1.29 is 4.74 Å². The lowest BCUT2D eigenvalue weighted by atomic mass is 10.2. The zero-order valence-electron chi connectivity index (χ0n) is 16.6. The van der Waals surface area contributed by atoms with Crippen LogP contribution >= 0.6 is 12.4 Å². The van der Waals surface area contributed by atoms with Crippen LogP contribution < -0.4 is 5.56 Å². The summed E-state index contributed by atoms with van der Waals surface area (Å²) >= 11 is 0. The number of aromatic nitrogens is 4. The van der Waals surface area contributed by atoms with Crippen LogP contribution in [0.5, 0.6) is 0 Å². The summed E-state index contributed by atoms with van der Waals surface area (Å²) in [5.41, 5.74) is 2.72. The Hall–Kier alpha value is -2.74. The lowest BCUT2D eigenvalue weighted by Gasteiger charge is -2.26. The first-order valence-corrected chi connectivity index (χ1v) is 10.0. The molecule has 1 aliphatic heterocycles. The highest BCUT2D eigenvalue weighted by Gasteiger charge is 2.18. The van der Waals surface area contributed by atoms with E-state index in [-0.39, 0.29) is 18.0 Å². The van der Waals surface area contributed by atoms with Gasteiger partial charge in [-0.05, 0) is 30.7 Å². The Morgan fingerprint density at radius 2 is 1.77 bits per heavy atom. The highest BCUT2D eigenvalue weighted by atomic mass is 35.5. The highest BCUT2D eigenvalue weighted by molar-refractivity contribution is 6.01. The average Bonchev–Trinajstić information content (AvgIpc) is 3.20. The topological polar surface area (TPSA) is 65.2 Å². The van der Waals surface area contributed by atoms with Crippen LogP contribution in [0.3, 0.4) is 0 Å². The van der Waals surface area contributed by atoms with Gasteiger partial charge in [0.1, 0.15) is 16.7 Å². The number of nitrogens with zero attached hydrogens (tertiary/aromatic N) is 5. The number of fused-ring (bicyclic) bond motifs is 3. The molecule has 7 nitrogen and oxygen atoms in total. The fourth-order valence-electron chi connectivity index (χ4n) is 4.04. The van der Waals surface area contributed by atoms with Crippen LogP contribution in [0.4, 0.5) is 0 Å². The van der Waals surface area contributed by atoms with Gasteiger partial charge in [0.2, 0.25) is 0 Å². The number of halogens is 1. The van der Waals surface area contributed by atoms with Crippen molar-refractivity contribution in [2.45, 2.75) is 13.0 Å². The number of benzene rings is 1. The fourth-order valence-corrected chi connectivity index (χ4v) is 4.04. The second kappa shape index (κ2) is 8.95. The molecule has 1 aliphatic rings. The van der Waals surface area contributed by atoms with Crippen LogP contribution in [-0.2, 0) is 11.3 Å². The molecule has 30 heavy (non-hydrogen) atoms. The van der Waals surface area contributed by atoms with Gasteiger partial charge >= 0.3 is 0 Å². The molecule has 1 saturated heterocycles. The van der Waals surface area contributed by atoms with E-state index in [0.717, 1.165) is 62.4 Å². The summed E-state index contributed by atoms with van der Waals surface area (Å²) in [6, 6.07) is 13.5. The van der Waals surface area contributed by atoms with E-state index in [1.54, 1.807) is 17.1 Å². The van der Waals surface area contributed by atoms with E-state index in [1.807, 2.05) is 47.0 Å². The lowest BCUT2D eigenvalue weighted by molar-refractivity contribution is 0.0369. The predicted molar refractivity (Wildman–Crippen MR) is 120 cm³/mol. The van der Waals surface area contributed by atoms with Crippen LogP contribution in [0.2, 0.25) is 0 Å². The van der Waals surface area contributed by atoms with Crippen molar-refractivity contribution in [3.8, 4) is 5.69 Å². The first-order valence-electron chi connectivity index (χ1n) is 10.0. The third kappa shape index (κ3) is 3.71. The second-order valence-corrected chi connectivity index (χ2v) is 7.29. The van der Waals surface area contributed by atoms with E-state index < -0.39 is 0 Å². The van der Waals surface area contributed by atoms with Gasteiger partial charge in [-0.2, -0.15) is 0 Å². The molecule has 0 amide bonds. The lowest BCUT2D eigenvalue weighted by Crippen LogP contribution is -2.37. The van der Waals surface area contributed by atoms with E-state index in [4.69, 9.17) is 4.74 Å². The Labute approximate surface area is 180 Å². The van der Waals surface area contributed by atoms with Gasteiger partial charge in [-0.3, -0.25) is 14.3 Å². The van der Waals surface area contributed by atoms with Crippen molar-refractivity contribution in [2.24, 2.45) is 0 Å². The molecule has 8 heteroatoms. The maximum Gasteiger partial charge on any atom is 0.282 e. The molecular formula is C22H24ClN5O2. The van der Waals surface area contributed by atoms with Gasteiger partial charge in [-0.1, -0.05) is 18.2 Å². The number of ether oxygens (including phenoxy) is 1. The van der Waals surface area contributed by atoms with Crippen molar-refractivity contribution in [3.63, 3.8) is 0 Å². The normalized spacial score (nSPS) is 14.8. The Balaban J connectivity index is 0.00000218. The minimum absolute atomic E-state index is 0. The van der Waals surface area contributed by atoms with Gasteiger partial charge in [0.05, 0.1) is 25.2 Å². The van der Waals surface area contributed by atoms with E-state index in [1.165, 1.54) is 0 Å². The molecule has 0 aliphatic carbocycles. The quantitative estimate of drug-likeness (QED) is 0.492. The maximum atomic E-state index is 13.5. The molecule has 5 rings (SSSR count). The third-order valence-electron chi connectivity index (χ3n) is 5.49. The van der Waals surface area contributed by atoms with Crippen molar-refractivity contribution >= 4 is 34.5 Å². The standard InChI is InChI=1S/C22H23N5O2.ClH/c28-22-20-19(24-16-26(20)11-5-10-25-12-14-29-15-13-25)18-8-4-9-23-21(18)27(22)17-6-2-1-3-7-17;/h1-4,6-9,16H,5,10-15H2;1H. The number of rotatable bonds is 5. The minimum Gasteiger partial charge on any atom is -0.379 e. The first-order chi connectivity index (χ1) is 14.3. The third-order valence-corrected chi connectivity index (χ3v) is 5.49. The van der Waals surface area contributed by atoms with Crippen LogP contribution in [0.25, 0.3) is 27.8 Å². The van der Waals surface area contributed by atoms with Crippen LogP contribution in [0, 0.1) is 0 Å². The van der Waals surface area contributed by atoms with Crippen molar-refractivity contribution in [3.05, 3.63) is 65.3 Å². The minimum atomic E-state index is -0.0822. The predicted octanol–water partition coefficient (Wildman–Crippen LogP) is 2.88. The van der Waals surface area contributed by atoms with Crippen molar-refractivity contribution in [2.75, 3.05) is 32.8 Å². The fraction of sp³-hybridized carbons (Fsp3) is 0.318. The number of aryl methyl sites for hydroxylation is 1. The van der Waals surface area contributed by atoms with Gasteiger partial charge in [0, 0.05) is 37.8 Å². The summed E-state index contributed by atoms with van der Waals surface area (Å²) in [4.78, 5) is 25.0. The van der Waals surface area contributed by atoms with Gasteiger partial charge in [0.25, 0.3) is 5.56 Å². The van der Waals surface area contributed by atoms with E-state index in [0.29, 0.717) is 11.2 Å². The number of hydrogen-bond donors (Lipinski definition) is 0. The molecule has 0 saturated carbocycles. The van der Waals surface area contributed by atoms with E-state index >= 15 is 0 Å². The zero-order chi connectivity index (χ0) is 19.6. The van der Waals surface area contributed by atoms with Gasteiger partial charge < -0.3 is 9.30 Å². The molecule has 3 aromatic heterocycles. The molecule has 4 aromatic rings. The molecule has 0 unspecified atom stereocenters. The number of morpholine rings is 1. The van der Waals surface area contributed by atoms with Crippen LogP contribution in [0.15, 0.2) is 59.8 Å². The Bertz CT molecular complexity index is 1200. The summed E-state index contributed by atoms with van der Waals surface area (Å²) in [7, 11) is 0. The highest BCUT2D eigenvalue weighted by Crippen LogP contribution is 2.22. The zero-order valence-corrected chi connectivity index (χ0v) is 17.4. The Morgan fingerprint density at radius 1 is 0.967 bits per heavy atom. The van der Waals surface area contributed by atoms with Crippen molar-refractivity contribution in [1.29, 1.82) is 0 Å². The molecule has 0 atom stereocenters. The van der Waals surface area contributed by atoms with Gasteiger partial charge in [-0.15, -0.1) is 12.4 Å². The molecule has 0 bridgehead atoms. The summed E-state index contributed by atoms with van der Waals surface area (Å²) < 4.78 is 9.10. The van der Waals surface area contributed by atoms with E-state index in [2.05, 4.69) is 14.9 Å². The number of hydrogen-bond acceptors (Lipinski definition) is 5.